The zero-order chi connectivity index (χ0) is 14.8. The predicted octanol–water partition coefficient (Wildman–Crippen LogP) is 1.51. The maximum absolute atomic E-state index is 12.3. The molecule has 0 aromatic carbocycles. The molecule has 2 fully saturated rings. The van der Waals surface area contributed by atoms with Crippen LogP contribution in [0.15, 0.2) is 0 Å². The van der Waals surface area contributed by atoms with E-state index in [0.717, 1.165) is 31.1 Å². The van der Waals surface area contributed by atoms with Crippen LogP contribution in [-0.4, -0.2) is 48.0 Å². The van der Waals surface area contributed by atoms with Crippen molar-refractivity contribution < 1.29 is 4.79 Å². The molecule has 1 amide bonds. The molecule has 2 aliphatic rings. The molecule has 1 aromatic heterocycles. The Labute approximate surface area is 129 Å². The number of thiazole rings is 1. The Balaban J connectivity index is 1.58. The molecule has 6 nitrogen and oxygen atoms in total. The Kier molecular flexibility index (Phi) is 4.30. The van der Waals surface area contributed by atoms with Crippen LogP contribution in [0.1, 0.15) is 41.8 Å². The third-order valence-electron chi connectivity index (χ3n) is 4.35. The van der Waals surface area contributed by atoms with Crippen molar-refractivity contribution in [1.29, 1.82) is 0 Å². The van der Waals surface area contributed by atoms with E-state index < -0.39 is 0 Å². The Hall–Kier alpha value is -1.34. The van der Waals surface area contributed by atoms with Crippen LogP contribution in [0.5, 0.6) is 0 Å². The van der Waals surface area contributed by atoms with Crippen molar-refractivity contribution in [3.63, 3.8) is 0 Å². The summed E-state index contributed by atoms with van der Waals surface area (Å²) in [7, 11) is 2.11. The van der Waals surface area contributed by atoms with Crippen molar-refractivity contribution >= 4 is 28.2 Å². The first-order chi connectivity index (χ1) is 10.1. The van der Waals surface area contributed by atoms with E-state index in [4.69, 9.17) is 5.73 Å². The number of piperidine rings is 1. The SMILES string of the molecule is CN1CCC(NC(=O)c2sc(NC3CCC3)nc2N)CC1. The Morgan fingerprint density at radius 2 is 2.00 bits per heavy atom. The molecular weight excluding hydrogens is 286 g/mol. The lowest BCUT2D eigenvalue weighted by atomic mass is 9.93. The van der Waals surface area contributed by atoms with Crippen LogP contribution in [0.2, 0.25) is 0 Å². The van der Waals surface area contributed by atoms with Gasteiger partial charge in [-0.25, -0.2) is 4.98 Å². The van der Waals surface area contributed by atoms with Crippen molar-refractivity contribution in [3.8, 4) is 0 Å². The molecule has 0 atom stereocenters. The van der Waals surface area contributed by atoms with E-state index in [1.807, 2.05) is 0 Å². The zero-order valence-electron chi connectivity index (χ0n) is 12.4. The minimum atomic E-state index is -0.0822. The van der Waals surface area contributed by atoms with E-state index in [0.29, 0.717) is 16.7 Å². The Bertz CT molecular complexity index is 505. The molecule has 116 valence electrons. The maximum Gasteiger partial charge on any atom is 0.265 e. The van der Waals surface area contributed by atoms with Gasteiger partial charge in [0.1, 0.15) is 10.7 Å². The summed E-state index contributed by atoms with van der Waals surface area (Å²) in [5.74, 6) is 0.258. The van der Waals surface area contributed by atoms with Gasteiger partial charge in [0.15, 0.2) is 5.13 Å². The fourth-order valence-electron chi connectivity index (χ4n) is 2.69. The summed E-state index contributed by atoms with van der Waals surface area (Å²) in [6, 6.07) is 0.749. The van der Waals surface area contributed by atoms with E-state index in [2.05, 4.69) is 27.6 Å². The Morgan fingerprint density at radius 3 is 2.62 bits per heavy atom. The number of hydrogen-bond acceptors (Lipinski definition) is 6. The zero-order valence-corrected chi connectivity index (χ0v) is 13.2. The number of amides is 1. The van der Waals surface area contributed by atoms with Crippen LogP contribution >= 0.6 is 11.3 Å². The van der Waals surface area contributed by atoms with Gasteiger partial charge in [-0.15, -0.1) is 0 Å². The second-order valence-corrected chi connectivity index (χ2v) is 7.06. The first-order valence-corrected chi connectivity index (χ1v) is 8.45. The topological polar surface area (TPSA) is 83.3 Å². The number of rotatable bonds is 4. The average Bonchev–Trinajstić information content (AvgIpc) is 2.78. The van der Waals surface area contributed by atoms with Gasteiger partial charge in [-0.05, 0) is 52.2 Å². The van der Waals surface area contributed by atoms with Crippen LogP contribution in [0, 0.1) is 0 Å². The normalized spacial score (nSPS) is 21.0. The van der Waals surface area contributed by atoms with Gasteiger partial charge in [0.05, 0.1) is 0 Å². The number of nitrogens with zero attached hydrogens (tertiary/aromatic N) is 2. The fourth-order valence-corrected chi connectivity index (χ4v) is 3.55. The minimum absolute atomic E-state index is 0.0822. The van der Waals surface area contributed by atoms with Gasteiger partial charge in [-0.2, -0.15) is 0 Å². The van der Waals surface area contributed by atoms with Crippen LogP contribution < -0.4 is 16.4 Å². The number of carbonyl (C=O) groups is 1. The summed E-state index contributed by atoms with van der Waals surface area (Å²) in [5, 5.41) is 7.20. The number of nitrogens with one attached hydrogen (secondary N) is 2. The molecule has 7 heteroatoms. The second kappa shape index (κ2) is 6.19. The van der Waals surface area contributed by atoms with E-state index in [-0.39, 0.29) is 11.9 Å². The van der Waals surface area contributed by atoms with E-state index in [1.165, 1.54) is 30.6 Å². The summed E-state index contributed by atoms with van der Waals surface area (Å²) >= 11 is 1.36. The summed E-state index contributed by atoms with van der Waals surface area (Å²) in [6.07, 6.45) is 5.61. The highest BCUT2D eigenvalue weighted by atomic mass is 32.1. The highest BCUT2D eigenvalue weighted by molar-refractivity contribution is 7.18. The van der Waals surface area contributed by atoms with Crippen LogP contribution in [0.25, 0.3) is 0 Å². The number of likely N-dealkylation sites (tertiary alicyclic amines) is 1. The molecule has 1 aliphatic carbocycles. The van der Waals surface area contributed by atoms with E-state index in [1.54, 1.807) is 0 Å². The predicted molar refractivity (Wildman–Crippen MR) is 85.8 cm³/mol. The quantitative estimate of drug-likeness (QED) is 0.785. The number of anilines is 2. The standard InChI is InChI=1S/C14H23N5OS/c1-19-7-5-10(6-8-19)16-13(20)11-12(15)18-14(21-11)17-9-3-2-4-9/h9-10H,2-8,15H2,1H3,(H,16,20)(H,17,18). The van der Waals surface area contributed by atoms with Gasteiger partial charge >= 0.3 is 0 Å². The van der Waals surface area contributed by atoms with Gasteiger partial charge in [0.25, 0.3) is 5.91 Å². The van der Waals surface area contributed by atoms with Gasteiger partial charge < -0.3 is 21.3 Å². The fraction of sp³-hybridized carbons (Fsp3) is 0.714. The van der Waals surface area contributed by atoms with Crippen molar-refractivity contribution in [2.45, 2.75) is 44.2 Å². The molecule has 1 saturated heterocycles. The second-order valence-electron chi connectivity index (χ2n) is 6.06. The van der Waals surface area contributed by atoms with Crippen LogP contribution in [-0.2, 0) is 0 Å². The van der Waals surface area contributed by atoms with E-state index in [9.17, 15) is 4.79 Å². The van der Waals surface area contributed by atoms with E-state index >= 15 is 0 Å². The van der Waals surface area contributed by atoms with Crippen LogP contribution in [0.4, 0.5) is 10.9 Å². The summed E-state index contributed by atoms with van der Waals surface area (Å²) < 4.78 is 0. The summed E-state index contributed by atoms with van der Waals surface area (Å²) in [5.41, 5.74) is 5.89. The Morgan fingerprint density at radius 1 is 1.29 bits per heavy atom. The molecule has 21 heavy (non-hydrogen) atoms. The molecular formula is C14H23N5OS. The number of aromatic nitrogens is 1. The van der Waals surface area contributed by atoms with Crippen molar-refractivity contribution in [1.82, 2.24) is 15.2 Å². The smallest absolute Gasteiger partial charge is 0.265 e. The molecule has 1 aliphatic heterocycles. The third kappa shape index (κ3) is 3.47. The van der Waals surface area contributed by atoms with Gasteiger partial charge in [-0.3, -0.25) is 4.79 Å². The third-order valence-corrected chi connectivity index (χ3v) is 5.35. The van der Waals surface area contributed by atoms with Gasteiger partial charge in [0.2, 0.25) is 0 Å². The number of nitrogen functional groups attached to an aromatic ring is 1. The molecule has 2 heterocycles. The average molecular weight is 309 g/mol. The minimum Gasteiger partial charge on any atom is -0.382 e. The van der Waals surface area contributed by atoms with Crippen molar-refractivity contribution in [2.24, 2.45) is 0 Å². The van der Waals surface area contributed by atoms with Gasteiger partial charge in [-0.1, -0.05) is 11.3 Å². The largest absolute Gasteiger partial charge is 0.382 e. The van der Waals surface area contributed by atoms with Crippen molar-refractivity contribution in [3.05, 3.63) is 4.88 Å². The molecule has 0 spiro atoms. The lowest BCUT2D eigenvalue weighted by Crippen LogP contribution is -2.43. The molecule has 0 radical (unpaired) electrons. The lowest BCUT2D eigenvalue weighted by Gasteiger charge is -2.29. The highest BCUT2D eigenvalue weighted by Crippen LogP contribution is 2.29. The van der Waals surface area contributed by atoms with Gasteiger partial charge in [0, 0.05) is 12.1 Å². The number of carbonyl (C=O) groups excluding carboxylic acids is 1. The number of hydrogen-bond donors (Lipinski definition) is 3. The number of nitrogens with two attached hydrogens (primary N) is 1. The molecule has 4 N–H and O–H groups in total. The van der Waals surface area contributed by atoms with Crippen molar-refractivity contribution in [2.75, 3.05) is 31.2 Å². The first-order valence-electron chi connectivity index (χ1n) is 7.64. The molecule has 3 rings (SSSR count). The van der Waals surface area contributed by atoms with Crippen LogP contribution in [0.3, 0.4) is 0 Å². The molecule has 0 unspecified atom stereocenters. The highest BCUT2D eigenvalue weighted by Gasteiger charge is 2.24. The summed E-state index contributed by atoms with van der Waals surface area (Å²) in [4.78, 5) is 19.4. The molecule has 1 saturated carbocycles. The molecule has 0 bridgehead atoms. The first kappa shape index (κ1) is 14.6. The molecule has 1 aromatic rings. The maximum atomic E-state index is 12.3. The monoisotopic (exact) mass is 309 g/mol. The lowest BCUT2D eigenvalue weighted by molar-refractivity contribution is 0.0921. The summed E-state index contributed by atoms with van der Waals surface area (Å²) in [6.45, 7) is 2.05.